The fourth-order valence-electron chi connectivity index (χ4n) is 2.11. The maximum Gasteiger partial charge on any atom is 0.226 e. The number of imide groups is 1. The van der Waals surface area contributed by atoms with E-state index in [1.165, 1.54) is 18.7 Å². The van der Waals surface area contributed by atoms with E-state index in [4.69, 9.17) is 0 Å². The first kappa shape index (κ1) is 12.4. The number of nitrogens with zero attached hydrogens (tertiary/aromatic N) is 1. The molecule has 2 rings (SSSR count). The third-order valence-electron chi connectivity index (χ3n) is 3.04. The molecule has 1 aromatic carbocycles. The normalized spacial score (nSPS) is 10.6. The monoisotopic (exact) mass is 244 g/mol. The Hall–Kier alpha value is -2.10. The second kappa shape index (κ2) is 5.04. The van der Waals surface area contributed by atoms with Crippen molar-refractivity contribution in [1.29, 1.82) is 0 Å². The molecule has 18 heavy (non-hydrogen) atoms. The maximum atomic E-state index is 11.3. The molecule has 0 saturated heterocycles. The molecule has 4 heteroatoms. The van der Waals surface area contributed by atoms with E-state index in [0.717, 1.165) is 16.5 Å². The van der Waals surface area contributed by atoms with Crippen LogP contribution in [0.4, 0.5) is 0 Å². The third kappa shape index (κ3) is 2.42. The van der Waals surface area contributed by atoms with Crippen LogP contribution in [0.3, 0.4) is 0 Å². The Kier molecular flexibility index (Phi) is 3.46. The summed E-state index contributed by atoms with van der Waals surface area (Å²) in [6.45, 7) is 3.25. The summed E-state index contributed by atoms with van der Waals surface area (Å²) in [5.74, 6) is -0.412. The maximum absolute atomic E-state index is 11.3. The van der Waals surface area contributed by atoms with E-state index in [-0.39, 0.29) is 11.8 Å². The fourth-order valence-corrected chi connectivity index (χ4v) is 2.11. The van der Waals surface area contributed by atoms with E-state index >= 15 is 0 Å². The minimum absolute atomic E-state index is 0.206. The number of para-hydroxylation sites is 1. The van der Waals surface area contributed by atoms with Crippen molar-refractivity contribution in [3.63, 3.8) is 0 Å². The number of amides is 2. The number of aromatic nitrogens is 1. The standard InChI is InChI=1S/C14H16N2O2/c1-10(17)16(11(2)18)8-7-12-9-15-14-6-4-3-5-13(12)14/h3-6,9,15H,7-8H2,1-2H3. The van der Waals surface area contributed by atoms with E-state index in [1.807, 2.05) is 30.5 Å². The largest absolute Gasteiger partial charge is 0.361 e. The van der Waals surface area contributed by atoms with Crippen molar-refractivity contribution in [1.82, 2.24) is 9.88 Å². The van der Waals surface area contributed by atoms with Crippen LogP contribution in [0, 0.1) is 0 Å². The first-order valence-electron chi connectivity index (χ1n) is 5.93. The molecular weight excluding hydrogens is 228 g/mol. The van der Waals surface area contributed by atoms with Gasteiger partial charge in [-0.3, -0.25) is 14.5 Å². The number of H-pyrrole nitrogens is 1. The number of hydrogen-bond donors (Lipinski definition) is 1. The highest BCUT2D eigenvalue weighted by Gasteiger charge is 2.14. The van der Waals surface area contributed by atoms with Gasteiger partial charge in [0.1, 0.15) is 0 Å². The van der Waals surface area contributed by atoms with Gasteiger partial charge in [-0.1, -0.05) is 18.2 Å². The highest BCUT2D eigenvalue weighted by atomic mass is 16.2. The fraction of sp³-hybridized carbons (Fsp3) is 0.286. The lowest BCUT2D eigenvalue weighted by Gasteiger charge is -2.16. The van der Waals surface area contributed by atoms with Crippen LogP contribution in [-0.2, 0) is 16.0 Å². The SMILES string of the molecule is CC(=O)N(CCc1c[nH]c2ccccc12)C(C)=O. The summed E-state index contributed by atoms with van der Waals surface area (Å²) >= 11 is 0. The van der Waals surface area contributed by atoms with E-state index in [2.05, 4.69) is 4.98 Å². The molecule has 0 bridgehead atoms. The minimum Gasteiger partial charge on any atom is -0.361 e. The number of rotatable bonds is 3. The summed E-state index contributed by atoms with van der Waals surface area (Å²) in [7, 11) is 0. The Bertz CT molecular complexity index is 572. The first-order chi connectivity index (χ1) is 8.59. The molecule has 2 amide bonds. The first-order valence-corrected chi connectivity index (χ1v) is 5.93. The van der Waals surface area contributed by atoms with Crippen molar-refractivity contribution in [3.8, 4) is 0 Å². The van der Waals surface area contributed by atoms with Gasteiger partial charge in [-0.25, -0.2) is 0 Å². The number of aromatic amines is 1. The Morgan fingerprint density at radius 2 is 1.83 bits per heavy atom. The van der Waals surface area contributed by atoms with Crippen molar-refractivity contribution in [2.24, 2.45) is 0 Å². The zero-order valence-corrected chi connectivity index (χ0v) is 10.6. The molecule has 4 nitrogen and oxygen atoms in total. The number of fused-ring (bicyclic) bond motifs is 1. The lowest BCUT2D eigenvalue weighted by atomic mass is 10.1. The second-order valence-corrected chi connectivity index (χ2v) is 4.30. The summed E-state index contributed by atoms with van der Waals surface area (Å²) in [4.78, 5) is 27.1. The lowest BCUT2D eigenvalue weighted by molar-refractivity contribution is -0.141. The van der Waals surface area contributed by atoms with Gasteiger partial charge in [-0.2, -0.15) is 0 Å². The van der Waals surface area contributed by atoms with Crippen LogP contribution in [0.15, 0.2) is 30.5 Å². The average Bonchev–Trinajstić information content (AvgIpc) is 2.72. The molecule has 0 fully saturated rings. The van der Waals surface area contributed by atoms with Crippen LogP contribution in [-0.4, -0.2) is 28.2 Å². The number of benzene rings is 1. The molecule has 0 aliphatic carbocycles. The van der Waals surface area contributed by atoms with Crippen LogP contribution < -0.4 is 0 Å². The van der Waals surface area contributed by atoms with Crippen LogP contribution in [0.5, 0.6) is 0 Å². The van der Waals surface area contributed by atoms with Gasteiger partial charge in [0.2, 0.25) is 11.8 Å². The second-order valence-electron chi connectivity index (χ2n) is 4.30. The van der Waals surface area contributed by atoms with Crippen LogP contribution in [0.1, 0.15) is 19.4 Å². The Balaban J connectivity index is 2.15. The molecule has 0 unspecified atom stereocenters. The number of hydrogen-bond acceptors (Lipinski definition) is 2. The molecule has 94 valence electrons. The molecule has 0 atom stereocenters. The van der Waals surface area contributed by atoms with Gasteiger partial charge in [0.15, 0.2) is 0 Å². The van der Waals surface area contributed by atoms with Gasteiger partial charge in [0.05, 0.1) is 0 Å². The van der Waals surface area contributed by atoms with E-state index in [0.29, 0.717) is 13.0 Å². The summed E-state index contributed by atoms with van der Waals surface area (Å²) in [5.41, 5.74) is 2.20. The van der Waals surface area contributed by atoms with Gasteiger partial charge < -0.3 is 4.98 Å². The van der Waals surface area contributed by atoms with Gasteiger partial charge in [-0.15, -0.1) is 0 Å². The molecular formula is C14H16N2O2. The van der Waals surface area contributed by atoms with Crippen LogP contribution in [0.25, 0.3) is 10.9 Å². The minimum atomic E-state index is -0.206. The zero-order valence-electron chi connectivity index (χ0n) is 10.6. The Morgan fingerprint density at radius 3 is 2.50 bits per heavy atom. The van der Waals surface area contributed by atoms with E-state index in [1.54, 1.807) is 0 Å². The van der Waals surface area contributed by atoms with E-state index < -0.39 is 0 Å². The molecule has 0 aliphatic rings. The summed E-state index contributed by atoms with van der Waals surface area (Å²) in [5, 5.41) is 1.14. The van der Waals surface area contributed by atoms with Crippen molar-refractivity contribution in [3.05, 3.63) is 36.0 Å². The third-order valence-corrected chi connectivity index (χ3v) is 3.04. The van der Waals surface area contributed by atoms with Gasteiger partial charge >= 0.3 is 0 Å². The highest BCUT2D eigenvalue weighted by molar-refractivity contribution is 5.93. The molecule has 2 aromatic rings. The topological polar surface area (TPSA) is 53.2 Å². The molecule has 1 heterocycles. The number of carbonyl (C=O) groups excluding carboxylic acids is 2. The van der Waals surface area contributed by atoms with E-state index in [9.17, 15) is 9.59 Å². The van der Waals surface area contributed by atoms with Gasteiger partial charge in [0.25, 0.3) is 0 Å². The predicted molar refractivity (Wildman–Crippen MR) is 70.1 cm³/mol. The average molecular weight is 244 g/mol. The number of carbonyl (C=O) groups is 2. The smallest absolute Gasteiger partial charge is 0.226 e. The Morgan fingerprint density at radius 1 is 1.17 bits per heavy atom. The quantitative estimate of drug-likeness (QED) is 0.899. The summed E-state index contributed by atoms with van der Waals surface area (Å²) in [6, 6.07) is 7.99. The van der Waals surface area contributed by atoms with Crippen LogP contribution in [0.2, 0.25) is 0 Å². The molecule has 1 aromatic heterocycles. The summed E-state index contributed by atoms with van der Waals surface area (Å²) < 4.78 is 0. The summed E-state index contributed by atoms with van der Waals surface area (Å²) in [6.07, 6.45) is 2.60. The number of nitrogens with one attached hydrogen (secondary N) is 1. The predicted octanol–water partition coefficient (Wildman–Crippen LogP) is 2.11. The van der Waals surface area contributed by atoms with Crippen molar-refractivity contribution < 1.29 is 9.59 Å². The van der Waals surface area contributed by atoms with Crippen molar-refractivity contribution in [2.75, 3.05) is 6.54 Å². The van der Waals surface area contributed by atoms with Crippen molar-refractivity contribution >= 4 is 22.7 Å². The highest BCUT2D eigenvalue weighted by Crippen LogP contribution is 2.18. The zero-order chi connectivity index (χ0) is 13.1. The molecule has 0 aliphatic heterocycles. The molecule has 0 radical (unpaired) electrons. The van der Waals surface area contributed by atoms with Gasteiger partial charge in [-0.05, 0) is 18.1 Å². The van der Waals surface area contributed by atoms with Gasteiger partial charge in [0, 0.05) is 37.5 Å². The molecule has 0 saturated carbocycles. The molecule has 1 N–H and O–H groups in total. The van der Waals surface area contributed by atoms with Crippen LogP contribution >= 0.6 is 0 Å². The van der Waals surface area contributed by atoms with Crippen molar-refractivity contribution in [2.45, 2.75) is 20.3 Å². The lowest BCUT2D eigenvalue weighted by Crippen LogP contribution is -2.34. The molecule has 0 spiro atoms. The Labute approximate surface area is 106 Å².